The maximum Gasteiger partial charge on any atom is 0.338 e. The van der Waals surface area contributed by atoms with Crippen LogP contribution in [0, 0.1) is 27.7 Å². The number of carbonyl (C=O) groups excluding carboxylic acids is 2. The highest BCUT2D eigenvalue weighted by atomic mass is 127. The standard InChI is InChI=1S/C33H29I3O4/c1-19-14-15-23(34)16-24(19)28-25-17-26(35)27(36)18-33(25,3)20(2)29(39-31(37)21-10-6-4-7-11-21)30(28)40-32(38)22-12-8-5-9-13-22/h4-18,20,25,28-30H,1-3H3. The number of ether oxygens (including phenoxy) is 2. The zero-order valence-corrected chi connectivity index (χ0v) is 28.8. The molecule has 206 valence electrons. The summed E-state index contributed by atoms with van der Waals surface area (Å²) < 4.78 is 16.3. The summed E-state index contributed by atoms with van der Waals surface area (Å²) in [4.78, 5) is 27.1. The molecule has 0 aromatic heterocycles. The van der Waals surface area contributed by atoms with Gasteiger partial charge in [0.15, 0.2) is 0 Å². The summed E-state index contributed by atoms with van der Waals surface area (Å²) in [6.07, 6.45) is 3.27. The first-order chi connectivity index (χ1) is 19.1. The predicted molar refractivity (Wildman–Crippen MR) is 183 cm³/mol. The van der Waals surface area contributed by atoms with E-state index in [-0.39, 0.29) is 23.2 Å². The van der Waals surface area contributed by atoms with E-state index in [2.05, 4.69) is 119 Å². The Morgan fingerprint density at radius 1 is 0.775 bits per heavy atom. The second kappa shape index (κ2) is 12.2. The van der Waals surface area contributed by atoms with E-state index in [1.807, 2.05) is 36.4 Å². The van der Waals surface area contributed by atoms with E-state index in [1.54, 1.807) is 24.3 Å². The topological polar surface area (TPSA) is 52.6 Å². The fourth-order valence-corrected chi connectivity index (χ4v) is 7.92. The molecule has 1 saturated carbocycles. The second-order valence-electron chi connectivity index (χ2n) is 10.7. The summed E-state index contributed by atoms with van der Waals surface area (Å²) in [5.41, 5.74) is 2.82. The number of carbonyl (C=O) groups is 2. The molecule has 0 bridgehead atoms. The van der Waals surface area contributed by atoms with Gasteiger partial charge < -0.3 is 9.47 Å². The van der Waals surface area contributed by atoms with Gasteiger partial charge in [-0.25, -0.2) is 9.59 Å². The van der Waals surface area contributed by atoms with E-state index in [9.17, 15) is 9.59 Å². The molecule has 6 unspecified atom stereocenters. The number of benzene rings is 3. The van der Waals surface area contributed by atoms with Crippen LogP contribution in [0.15, 0.2) is 98.2 Å². The summed E-state index contributed by atoms with van der Waals surface area (Å²) >= 11 is 7.12. The largest absolute Gasteiger partial charge is 0.454 e. The molecule has 0 heterocycles. The number of fused-ring (bicyclic) bond motifs is 1. The molecule has 0 radical (unpaired) electrons. The fraction of sp³-hybridized carbons (Fsp3) is 0.273. The van der Waals surface area contributed by atoms with Crippen LogP contribution in [0.1, 0.15) is 51.6 Å². The fourth-order valence-electron chi connectivity index (χ4n) is 6.01. The smallest absolute Gasteiger partial charge is 0.338 e. The molecule has 3 aromatic rings. The summed E-state index contributed by atoms with van der Waals surface area (Å²) in [6.45, 7) is 6.46. The quantitative estimate of drug-likeness (QED) is 0.190. The first-order valence-corrected chi connectivity index (χ1v) is 16.4. The summed E-state index contributed by atoms with van der Waals surface area (Å²) in [7, 11) is 0. The highest BCUT2D eigenvalue weighted by Gasteiger charge is 2.58. The Kier molecular flexibility index (Phi) is 9.11. The normalized spacial score (nSPS) is 27.6. The minimum Gasteiger partial charge on any atom is -0.454 e. The molecule has 40 heavy (non-hydrogen) atoms. The Bertz CT molecular complexity index is 1480. The van der Waals surface area contributed by atoms with E-state index in [0.717, 1.165) is 14.7 Å². The molecule has 2 aliphatic carbocycles. The molecular weight excluding hydrogens is 841 g/mol. The molecule has 3 aromatic carbocycles. The van der Waals surface area contributed by atoms with Crippen molar-refractivity contribution in [3.05, 3.63) is 124 Å². The van der Waals surface area contributed by atoms with E-state index in [1.165, 1.54) is 7.16 Å². The molecule has 6 atom stereocenters. The molecule has 0 spiro atoms. The Labute approximate surface area is 276 Å². The van der Waals surface area contributed by atoms with E-state index >= 15 is 0 Å². The van der Waals surface area contributed by atoms with Crippen molar-refractivity contribution in [3.63, 3.8) is 0 Å². The maximum absolute atomic E-state index is 13.6. The first-order valence-electron chi connectivity index (χ1n) is 13.1. The second-order valence-corrected chi connectivity index (χ2v) is 14.3. The van der Waals surface area contributed by atoms with Gasteiger partial charge in [0.2, 0.25) is 0 Å². The van der Waals surface area contributed by atoms with Crippen LogP contribution in [0.3, 0.4) is 0 Å². The van der Waals surface area contributed by atoms with Crippen molar-refractivity contribution in [1.82, 2.24) is 0 Å². The average Bonchev–Trinajstić information content (AvgIpc) is 2.95. The van der Waals surface area contributed by atoms with Crippen LogP contribution in [0.4, 0.5) is 0 Å². The van der Waals surface area contributed by atoms with Gasteiger partial charge in [-0.15, -0.1) is 0 Å². The van der Waals surface area contributed by atoms with E-state index < -0.39 is 24.1 Å². The zero-order chi connectivity index (χ0) is 28.6. The Morgan fingerprint density at radius 2 is 1.32 bits per heavy atom. The van der Waals surface area contributed by atoms with Crippen LogP contribution < -0.4 is 0 Å². The monoisotopic (exact) mass is 870 g/mol. The van der Waals surface area contributed by atoms with Crippen molar-refractivity contribution in [2.24, 2.45) is 17.3 Å². The third kappa shape index (κ3) is 5.79. The number of esters is 2. The van der Waals surface area contributed by atoms with Gasteiger partial charge >= 0.3 is 11.9 Å². The molecule has 1 fully saturated rings. The van der Waals surface area contributed by atoms with Gasteiger partial charge in [-0.3, -0.25) is 0 Å². The summed E-state index contributed by atoms with van der Waals surface area (Å²) in [5.74, 6) is -1.19. The van der Waals surface area contributed by atoms with Crippen molar-refractivity contribution in [1.29, 1.82) is 0 Å². The molecule has 5 rings (SSSR count). The van der Waals surface area contributed by atoms with E-state index in [0.29, 0.717) is 11.1 Å². The lowest BCUT2D eigenvalue weighted by Gasteiger charge is -2.55. The Morgan fingerprint density at radius 3 is 1.90 bits per heavy atom. The van der Waals surface area contributed by atoms with Crippen molar-refractivity contribution >= 4 is 79.7 Å². The van der Waals surface area contributed by atoms with Crippen molar-refractivity contribution in [2.45, 2.75) is 38.9 Å². The highest BCUT2D eigenvalue weighted by molar-refractivity contribution is 14.1. The third-order valence-electron chi connectivity index (χ3n) is 8.35. The number of rotatable bonds is 5. The van der Waals surface area contributed by atoms with Gasteiger partial charge in [0.1, 0.15) is 12.2 Å². The van der Waals surface area contributed by atoms with E-state index in [4.69, 9.17) is 9.47 Å². The number of halogens is 3. The van der Waals surface area contributed by atoms with Gasteiger partial charge in [-0.2, -0.15) is 0 Å². The lowest BCUT2D eigenvalue weighted by molar-refractivity contribution is -0.121. The Balaban J connectivity index is 1.68. The molecule has 4 nitrogen and oxygen atoms in total. The van der Waals surface area contributed by atoms with Gasteiger partial charge in [-0.1, -0.05) is 68.5 Å². The van der Waals surface area contributed by atoms with Crippen molar-refractivity contribution in [3.8, 4) is 0 Å². The van der Waals surface area contributed by atoms with Crippen LogP contribution in [0.2, 0.25) is 0 Å². The molecule has 7 heteroatoms. The van der Waals surface area contributed by atoms with Crippen molar-refractivity contribution < 1.29 is 19.1 Å². The lowest BCUT2D eigenvalue weighted by atomic mass is 9.53. The summed E-state index contributed by atoms with van der Waals surface area (Å²) in [6, 6.07) is 24.4. The molecule has 0 amide bonds. The van der Waals surface area contributed by atoms with Crippen LogP contribution in [0.25, 0.3) is 0 Å². The third-order valence-corrected chi connectivity index (χ3v) is 11.9. The van der Waals surface area contributed by atoms with Crippen LogP contribution >= 0.6 is 67.8 Å². The van der Waals surface area contributed by atoms with Gasteiger partial charge in [0, 0.05) is 28.0 Å². The Hall–Kier alpha value is -1.73. The first kappa shape index (κ1) is 29.8. The van der Waals surface area contributed by atoms with Gasteiger partial charge in [0.25, 0.3) is 0 Å². The molecule has 0 aliphatic heterocycles. The molecule has 0 saturated heterocycles. The summed E-state index contributed by atoms with van der Waals surface area (Å²) in [5, 5.41) is 0. The average molecular weight is 870 g/mol. The maximum atomic E-state index is 13.6. The lowest BCUT2D eigenvalue weighted by Crippen LogP contribution is -2.58. The van der Waals surface area contributed by atoms with Crippen LogP contribution in [-0.2, 0) is 9.47 Å². The van der Waals surface area contributed by atoms with Crippen LogP contribution in [0.5, 0.6) is 0 Å². The van der Waals surface area contributed by atoms with Gasteiger partial charge in [-0.05, 0) is 128 Å². The number of allylic oxidation sites excluding steroid dienone is 4. The number of hydrogen-bond acceptors (Lipinski definition) is 4. The highest BCUT2D eigenvalue weighted by Crippen LogP contribution is 2.59. The number of hydrogen-bond donors (Lipinski definition) is 0. The predicted octanol–water partition coefficient (Wildman–Crippen LogP) is 9.06. The molecule has 0 N–H and O–H groups in total. The molecular formula is C33H29I3O4. The van der Waals surface area contributed by atoms with Crippen LogP contribution in [-0.4, -0.2) is 24.1 Å². The van der Waals surface area contributed by atoms with Gasteiger partial charge in [0.05, 0.1) is 11.1 Å². The minimum absolute atomic E-state index is 0.0186. The van der Waals surface area contributed by atoms with Crippen molar-refractivity contribution in [2.75, 3.05) is 0 Å². The SMILES string of the molecule is Cc1ccc(I)cc1C1C(OC(=O)c2ccccc2)C(OC(=O)c2ccccc2)C(C)C2(C)C=C(I)C(I)=CC12. The zero-order valence-electron chi connectivity index (χ0n) is 22.3. The molecule has 2 aliphatic rings. The minimum atomic E-state index is -0.699. The number of aryl methyl sites for hydroxylation is 1.